The van der Waals surface area contributed by atoms with Crippen molar-refractivity contribution in [3.8, 4) is 5.75 Å². The van der Waals surface area contributed by atoms with Crippen LogP contribution in [0.2, 0.25) is 0 Å². The number of carbonyl (C=O) groups excluding carboxylic acids is 3. The first-order chi connectivity index (χ1) is 16.1. The molecule has 34 heavy (non-hydrogen) atoms. The predicted octanol–water partition coefficient (Wildman–Crippen LogP) is 2.87. The van der Waals surface area contributed by atoms with Crippen molar-refractivity contribution in [1.82, 2.24) is 10.2 Å². The summed E-state index contributed by atoms with van der Waals surface area (Å²) in [5.41, 5.74) is -0.186. The maximum Gasteiger partial charge on any atom is 0.410 e. The summed E-state index contributed by atoms with van der Waals surface area (Å²) in [5, 5.41) is 3.63. The molecule has 0 bridgehead atoms. The average molecular weight is 475 g/mol. The lowest BCUT2D eigenvalue weighted by molar-refractivity contribution is 0.0263. The number of methoxy groups -OCH3 is 2. The van der Waals surface area contributed by atoms with Gasteiger partial charge in [-0.1, -0.05) is 0 Å². The quantitative estimate of drug-likeness (QED) is 0.475. The molecule has 4 rings (SSSR count). The van der Waals surface area contributed by atoms with E-state index in [-0.39, 0.29) is 23.3 Å². The number of carbonyl (C=O) groups is 3. The van der Waals surface area contributed by atoms with Crippen LogP contribution in [0.25, 0.3) is 0 Å². The summed E-state index contributed by atoms with van der Waals surface area (Å²) in [4.78, 5) is 38.0. The minimum Gasteiger partial charge on any atom is -0.490 e. The number of piperidine rings is 1. The van der Waals surface area contributed by atoms with E-state index in [1.165, 1.54) is 26.4 Å². The van der Waals surface area contributed by atoms with Gasteiger partial charge in [-0.25, -0.2) is 14.4 Å². The highest BCUT2D eigenvalue weighted by Crippen LogP contribution is 2.51. The van der Waals surface area contributed by atoms with Gasteiger partial charge in [0.15, 0.2) is 0 Å². The van der Waals surface area contributed by atoms with E-state index in [0.29, 0.717) is 29.5 Å². The number of hydrogen-bond acceptors (Lipinski definition) is 8. The SMILES string of the molecule is COC(=O)c1ccc(OC2CC(NCC3C4CN(C(=O)OC(C)(C)C)C[C@@H]34)C2)cc1C(=O)OC. The third kappa shape index (κ3) is 5.29. The molecule has 2 aliphatic carbocycles. The van der Waals surface area contributed by atoms with Gasteiger partial charge in [-0.2, -0.15) is 0 Å². The maximum atomic E-state index is 12.2. The molecule has 2 saturated carbocycles. The summed E-state index contributed by atoms with van der Waals surface area (Å²) < 4.78 is 21.0. The van der Waals surface area contributed by atoms with Crippen LogP contribution in [0.1, 0.15) is 54.3 Å². The third-order valence-electron chi connectivity index (χ3n) is 6.86. The van der Waals surface area contributed by atoms with Crippen LogP contribution >= 0.6 is 0 Å². The number of nitrogens with zero attached hydrogens (tertiary/aromatic N) is 1. The van der Waals surface area contributed by atoms with Gasteiger partial charge in [-0.05, 0) is 76.1 Å². The molecule has 2 unspecified atom stereocenters. The minimum atomic E-state index is -0.612. The lowest BCUT2D eigenvalue weighted by atomic mass is 9.89. The van der Waals surface area contributed by atoms with Crippen molar-refractivity contribution < 1.29 is 33.3 Å². The number of ether oxygens (including phenoxy) is 4. The van der Waals surface area contributed by atoms with E-state index in [0.717, 1.165) is 32.5 Å². The molecule has 1 amide bonds. The molecule has 1 aromatic carbocycles. The fraction of sp³-hybridized carbons (Fsp3) is 0.640. The smallest absolute Gasteiger partial charge is 0.410 e. The summed E-state index contributed by atoms with van der Waals surface area (Å²) >= 11 is 0. The van der Waals surface area contributed by atoms with Crippen molar-refractivity contribution in [1.29, 1.82) is 0 Å². The molecule has 1 saturated heterocycles. The Kier molecular flexibility index (Phi) is 6.75. The second kappa shape index (κ2) is 9.44. The number of fused-ring (bicyclic) bond motifs is 1. The van der Waals surface area contributed by atoms with Gasteiger partial charge in [-0.15, -0.1) is 0 Å². The Labute approximate surface area is 200 Å². The second-order valence-electron chi connectivity index (χ2n) is 10.4. The number of rotatable bonds is 7. The van der Waals surface area contributed by atoms with Gasteiger partial charge in [0.1, 0.15) is 17.5 Å². The van der Waals surface area contributed by atoms with Crippen LogP contribution in [-0.2, 0) is 14.2 Å². The van der Waals surface area contributed by atoms with Crippen LogP contribution in [0, 0.1) is 17.8 Å². The summed E-state index contributed by atoms with van der Waals surface area (Å²) in [6, 6.07) is 5.11. The molecule has 1 N–H and O–H groups in total. The van der Waals surface area contributed by atoms with E-state index < -0.39 is 17.5 Å². The van der Waals surface area contributed by atoms with Crippen LogP contribution in [0.15, 0.2) is 18.2 Å². The largest absolute Gasteiger partial charge is 0.490 e. The first-order valence-electron chi connectivity index (χ1n) is 11.8. The number of esters is 2. The Morgan fingerprint density at radius 3 is 2.21 bits per heavy atom. The zero-order chi connectivity index (χ0) is 24.6. The lowest BCUT2D eigenvalue weighted by Gasteiger charge is -2.36. The van der Waals surface area contributed by atoms with Gasteiger partial charge in [0, 0.05) is 19.1 Å². The molecule has 1 aromatic rings. The van der Waals surface area contributed by atoms with Crippen LogP contribution in [0.4, 0.5) is 4.79 Å². The Morgan fingerprint density at radius 2 is 1.62 bits per heavy atom. The molecule has 9 heteroatoms. The summed E-state index contributed by atoms with van der Waals surface area (Å²) in [5.74, 6) is 1.06. The van der Waals surface area contributed by atoms with Crippen molar-refractivity contribution in [3.63, 3.8) is 0 Å². The van der Waals surface area contributed by atoms with E-state index in [4.69, 9.17) is 18.9 Å². The molecule has 1 aliphatic heterocycles. The fourth-order valence-corrected chi connectivity index (χ4v) is 4.91. The van der Waals surface area contributed by atoms with E-state index >= 15 is 0 Å². The summed E-state index contributed by atoms with van der Waals surface area (Å²) in [6.07, 6.45) is 1.59. The molecule has 0 radical (unpaired) electrons. The summed E-state index contributed by atoms with van der Waals surface area (Å²) in [6.45, 7) is 8.19. The number of likely N-dealkylation sites (tertiary alicyclic amines) is 1. The lowest BCUT2D eigenvalue weighted by Crippen LogP contribution is -2.48. The number of benzene rings is 1. The molecule has 3 aliphatic rings. The van der Waals surface area contributed by atoms with Crippen LogP contribution in [0.5, 0.6) is 5.75 Å². The fourth-order valence-electron chi connectivity index (χ4n) is 4.91. The maximum absolute atomic E-state index is 12.2. The monoisotopic (exact) mass is 474 g/mol. The van der Waals surface area contributed by atoms with Crippen molar-refractivity contribution in [3.05, 3.63) is 29.3 Å². The third-order valence-corrected chi connectivity index (χ3v) is 6.86. The number of nitrogens with one attached hydrogen (secondary N) is 1. The molecule has 3 fully saturated rings. The Hall–Kier alpha value is -2.81. The van der Waals surface area contributed by atoms with Crippen LogP contribution in [-0.4, -0.2) is 74.5 Å². The molecule has 1 heterocycles. The normalized spacial score (nSPS) is 27.3. The highest BCUT2D eigenvalue weighted by molar-refractivity contribution is 6.03. The summed E-state index contributed by atoms with van der Waals surface area (Å²) in [7, 11) is 2.53. The molecule has 9 nitrogen and oxygen atoms in total. The van der Waals surface area contributed by atoms with E-state index in [1.807, 2.05) is 25.7 Å². The number of hydrogen-bond donors (Lipinski definition) is 1. The van der Waals surface area contributed by atoms with E-state index in [9.17, 15) is 14.4 Å². The Balaban J connectivity index is 1.19. The van der Waals surface area contributed by atoms with Crippen molar-refractivity contribution >= 4 is 18.0 Å². The zero-order valence-corrected chi connectivity index (χ0v) is 20.5. The first kappa shape index (κ1) is 24.3. The van der Waals surface area contributed by atoms with Crippen molar-refractivity contribution in [2.45, 2.75) is 51.4 Å². The zero-order valence-electron chi connectivity index (χ0n) is 20.5. The molecular formula is C25H34N2O7. The molecular weight excluding hydrogens is 440 g/mol. The predicted molar refractivity (Wildman–Crippen MR) is 123 cm³/mol. The highest BCUT2D eigenvalue weighted by Gasteiger charge is 2.56. The van der Waals surface area contributed by atoms with E-state index in [1.54, 1.807) is 6.07 Å². The molecule has 0 spiro atoms. The Morgan fingerprint density at radius 1 is 1.00 bits per heavy atom. The van der Waals surface area contributed by atoms with Crippen LogP contribution < -0.4 is 10.1 Å². The van der Waals surface area contributed by atoms with Gasteiger partial charge in [-0.3, -0.25) is 0 Å². The second-order valence-corrected chi connectivity index (χ2v) is 10.4. The van der Waals surface area contributed by atoms with Crippen molar-refractivity contribution in [2.24, 2.45) is 17.8 Å². The van der Waals surface area contributed by atoms with Gasteiger partial charge >= 0.3 is 18.0 Å². The van der Waals surface area contributed by atoms with Crippen LogP contribution in [0.3, 0.4) is 0 Å². The molecule has 0 aromatic heterocycles. The van der Waals surface area contributed by atoms with Gasteiger partial charge < -0.3 is 29.2 Å². The number of amides is 1. The standard InChI is InChI=1S/C25H34N2O7/c1-25(2,3)34-24(30)27-12-20-19(21(20)13-27)11-26-14-8-16(9-14)33-15-6-7-17(22(28)31-4)18(10-15)23(29)32-5/h6-7,10,14,16,19-21,26H,8-9,11-13H2,1-5H3/t14?,16?,19?,20-,21?/m0/s1. The van der Waals surface area contributed by atoms with Gasteiger partial charge in [0.2, 0.25) is 0 Å². The Bertz CT molecular complexity index is 939. The highest BCUT2D eigenvalue weighted by atomic mass is 16.6. The molecule has 186 valence electrons. The first-order valence-corrected chi connectivity index (χ1v) is 11.8. The van der Waals surface area contributed by atoms with Crippen molar-refractivity contribution in [2.75, 3.05) is 33.9 Å². The topological polar surface area (TPSA) is 103 Å². The van der Waals surface area contributed by atoms with E-state index in [2.05, 4.69) is 5.32 Å². The average Bonchev–Trinajstić information content (AvgIpc) is 3.20. The van der Waals surface area contributed by atoms with Gasteiger partial charge in [0.25, 0.3) is 0 Å². The minimum absolute atomic E-state index is 0.0494. The van der Waals surface area contributed by atoms with Gasteiger partial charge in [0.05, 0.1) is 25.3 Å². The molecule has 3 atom stereocenters.